The molecule has 0 spiro atoms. The number of carboxylic acid groups (broad SMARTS) is 1. The lowest BCUT2D eigenvalue weighted by Crippen LogP contribution is -2.48. The highest BCUT2D eigenvalue weighted by atomic mass is 16.4. The van der Waals surface area contributed by atoms with Gasteiger partial charge in [-0.15, -0.1) is 0 Å². The van der Waals surface area contributed by atoms with Gasteiger partial charge in [-0.3, -0.25) is 4.79 Å². The van der Waals surface area contributed by atoms with Gasteiger partial charge in [0, 0.05) is 32.6 Å². The fourth-order valence-corrected chi connectivity index (χ4v) is 2.93. The molecule has 1 aliphatic heterocycles. The molecule has 0 aromatic rings. The van der Waals surface area contributed by atoms with E-state index < -0.39 is 5.97 Å². The van der Waals surface area contributed by atoms with E-state index >= 15 is 0 Å². The third-order valence-electron chi connectivity index (χ3n) is 4.14. The second-order valence-electron chi connectivity index (χ2n) is 6.18. The van der Waals surface area contributed by atoms with Gasteiger partial charge in [-0.1, -0.05) is 19.1 Å². The normalized spacial score (nSPS) is 20.0. The van der Waals surface area contributed by atoms with Crippen LogP contribution >= 0.6 is 0 Å². The predicted molar refractivity (Wildman–Crippen MR) is 83.2 cm³/mol. The van der Waals surface area contributed by atoms with Crippen molar-refractivity contribution in [3.63, 3.8) is 0 Å². The van der Waals surface area contributed by atoms with E-state index in [4.69, 9.17) is 5.11 Å². The molecule has 5 nitrogen and oxygen atoms in total. The van der Waals surface area contributed by atoms with Crippen LogP contribution in [0.3, 0.4) is 0 Å². The van der Waals surface area contributed by atoms with Gasteiger partial charge in [0.2, 0.25) is 0 Å². The Kier molecular flexibility index (Phi) is 6.72. The molecule has 1 saturated heterocycles. The van der Waals surface area contributed by atoms with Gasteiger partial charge in [0.1, 0.15) is 0 Å². The van der Waals surface area contributed by atoms with Crippen LogP contribution in [0.4, 0.5) is 4.79 Å². The zero-order valence-electron chi connectivity index (χ0n) is 13.5. The smallest absolute Gasteiger partial charge is 0.320 e. The summed E-state index contributed by atoms with van der Waals surface area (Å²) in [4.78, 5) is 27.1. The van der Waals surface area contributed by atoms with Gasteiger partial charge in [0.25, 0.3) is 0 Å². The number of aliphatic carboxylic acids is 1. The number of carbonyl (C=O) groups is 2. The molecule has 0 radical (unpaired) electrons. The molecule has 0 bridgehead atoms. The van der Waals surface area contributed by atoms with E-state index in [0.717, 1.165) is 25.0 Å². The maximum atomic E-state index is 12.5. The SMILES string of the molecule is C=C(C)CN(CC)C(=O)N1CCCC(C(C)CC(=O)O)C1. The van der Waals surface area contributed by atoms with Crippen LogP contribution in [0.5, 0.6) is 0 Å². The Hall–Kier alpha value is -1.52. The zero-order valence-corrected chi connectivity index (χ0v) is 13.5. The molecular weight excluding hydrogens is 268 g/mol. The van der Waals surface area contributed by atoms with Gasteiger partial charge in [-0.05, 0) is 38.5 Å². The maximum Gasteiger partial charge on any atom is 0.320 e. The van der Waals surface area contributed by atoms with E-state index in [1.165, 1.54) is 0 Å². The molecule has 120 valence electrons. The first-order chi connectivity index (χ1) is 9.85. The molecule has 2 atom stereocenters. The second-order valence-corrected chi connectivity index (χ2v) is 6.18. The van der Waals surface area contributed by atoms with Gasteiger partial charge in [0.05, 0.1) is 0 Å². The standard InChI is InChI=1S/C16H28N2O3/c1-5-17(10-12(2)3)16(21)18-8-6-7-14(11-18)13(4)9-15(19)20/h13-14H,2,5-11H2,1,3-4H3,(H,19,20). The number of nitrogens with zero attached hydrogens (tertiary/aromatic N) is 2. The van der Waals surface area contributed by atoms with Gasteiger partial charge in [-0.2, -0.15) is 0 Å². The zero-order chi connectivity index (χ0) is 16.0. The molecule has 1 fully saturated rings. The summed E-state index contributed by atoms with van der Waals surface area (Å²) in [7, 11) is 0. The monoisotopic (exact) mass is 296 g/mol. The molecule has 1 heterocycles. The van der Waals surface area contributed by atoms with Crippen molar-refractivity contribution >= 4 is 12.0 Å². The van der Waals surface area contributed by atoms with Crippen LogP contribution in [0.25, 0.3) is 0 Å². The summed E-state index contributed by atoms with van der Waals surface area (Å²) < 4.78 is 0. The Morgan fingerprint density at radius 3 is 2.67 bits per heavy atom. The van der Waals surface area contributed by atoms with Gasteiger partial charge in [-0.25, -0.2) is 4.79 Å². The summed E-state index contributed by atoms with van der Waals surface area (Å²) in [5.41, 5.74) is 0.970. The minimum atomic E-state index is -0.761. The Bertz CT molecular complexity index is 395. The third kappa shape index (κ3) is 5.40. The summed E-state index contributed by atoms with van der Waals surface area (Å²) >= 11 is 0. The van der Waals surface area contributed by atoms with Crippen molar-refractivity contribution in [1.29, 1.82) is 0 Å². The first-order valence-corrected chi connectivity index (χ1v) is 7.75. The molecule has 2 amide bonds. The average Bonchev–Trinajstić information content (AvgIpc) is 2.43. The van der Waals surface area contributed by atoms with Crippen LogP contribution in [-0.4, -0.2) is 53.1 Å². The molecule has 1 rings (SSSR count). The first kappa shape index (κ1) is 17.5. The highest BCUT2D eigenvalue weighted by Crippen LogP contribution is 2.26. The Labute approximate surface area is 127 Å². The van der Waals surface area contributed by atoms with E-state index in [0.29, 0.717) is 19.6 Å². The summed E-state index contributed by atoms with van der Waals surface area (Å²) in [6.07, 6.45) is 2.13. The summed E-state index contributed by atoms with van der Waals surface area (Å²) in [6.45, 7) is 12.4. The van der Waals surface area contributed by atoms with Gasteiger partial charge < -0.3 is 14.9 Å². The van der Waals surface area contributed by atoms with E-state index in [9.17, 15) is 9.59 Å². The Balaban J connectivity index is 2.64. The number of likely N-dealkylation sites (tertiary alicyclic amines) is 1. The molecule has 0 aliphatic carbocycles. The van der Waals surface area contributed by atoms with Crippen molar-refractivity contribution in [2.75, 3.05) is 26.2 Å². The molecule has 0 saturated carbocycles. The maximum absolute atomic E-state index is 12.5. The van der Waals surface area contributed by atoms with Gasteiger partial charge >= 0.3 is 12.0 Å². The Morgan fingerprint density at radius 2 is 2.14 bits per heavy atom. The van der Waals surface area contributed by atoms with E-state index in [2.05, 4.69) is 6.58 Å². The number of likely N-dealkylation sites (N-methyl/N-ethyl adjacent to an activating group) is 1. The van der Waals surface area contributed by atoms with Gasteiger partial charge in [0.15, 0.2) is 0 Å². The number of hydrogen-bond acceptors (Lipinski definition) is 2. The summed E-state index contributed by atoms with van der Waals surface area (Å²) in [5, 5.41) is 8.92. The van der Waals surface area contributed by atoms with Crippen molar-refractivity contribution in [1.82, 2.24) is 9.80 Å². The molecule has 0 aromatic carbocycles. The molecule has 5 heteroatoms. The highest BCUT2D eigenvalue weighted by Gasteiger charge is 2.30. The van der Waals surface area contributed by atoms with Crippen LogP contribution in [-0.2, 0) is 4.79 Å². The fraction of sp³-hybridized carbons (Fsp3) is 0.750. The molecule has 21 heavy (non-hydrogen) atoms. The Morgan fingerprint density at radius 1 is 1.48 bits per heavy atom. The van der Waals surface area contributed by atoms with Crippen LogP contribution in [0.15, 0.2) is 12.2 Å². The van der Waals surface area contributed by atoms with E-state index in [1.807, 2.05) is 25.7 Å². The van der Waals surface area contributed by atoms with Crippen molar-refractivity contribution in [3.8, 4) is 0 Å². The van der Waals surface area contributed by atoms with Crippen molar-refractivity contribution in [3.05, 3.63) is 12.2 Å². The average molecular weight is 296 g/mol. The van der Waals surface area contributed by atoms with Crippen molar-refractivity contribution in [2.45, 2.75) is 40.0 Å². The number of urea groups is 1. The van der Waals surface area contributed by atoms with Crippen molar-refractivity contribution in [2.24, 2.45) is 11.8 Å². The largest absolute Gasteiger partial charge is 0.481 e. The van der Waals surface area contributed by atoms with Crippen LogP contribution < -0.4 is 0 Å². The lowest BCUT2D eigenvalue weighted by molar-refractivity contribution is -0.138. The number of piperidine rings is 1. The molecule has 2 unspecified atom stereocenters. The topological polar surface area (TPSA) is 60.9 Å². The lowest BCUT2D eigenvalue weighted by atomic mass is 9.85. The van der Waals surface area contributed by atoms with Crippen LogP contribution in [0, 0.1) is 11.8 Å². The van der Waals surface area contributed by atoms with E-state index in [1.54, 1.807) is 4.90 Å². The highest BCUT2D eigenvalue weighted by molar-refractivity contribution is 5.75. The summed E-state index contributed by atoms with van der Waals surface area (Å²) in [6, 6.07) is 0.0488. The first-order valence-electron chi connectivity index (χ1n) is 7.75. The predicted octanol–water partition coefficient (Wildman–Crippen LogP) is 2.83. The van der Waals surface area contributed by atoms with Crippen LogP contribution in [0.1, 0.15) is 40.0 Å². The molecular formula is C16H28N2O3. The molecule has 1 aliphatic rings. The fourth-order valence-electron chi connectivity index (χ4n) is 2.93. The van der Waals surface area contributed by atoms with Crippen molar-refractivity contribution < 1.29 is 14.7 Å². The lowest BCUT2D eigenvalue weighted by Gasteiger charge is -2.38. The van der Waals surface area contributed by atoms with E-state index in [-0.39, 0.29) is 24.3 Å². The van der Waals surface area contributed by atoms with Crippen LogP contribution in [0.2, 0.25) is 0 Å². The summed E-state index contributed by atoms with van der Waals surface area (Å²) in [5.74, 6) is -0.375. The third-order valence-corrected chi connectivity index (χ3v) is 4.14. The number of amides is 2. The number of rotatable bonds is 6. The minimum Gasteiger partial charge on any atom is -0.481 e. The molecule has 0 aromatic heterocycles. The molecule has 1 N–H and O–H groups in total. The minimum absolute atomic E-state index is 0.0488. The quantitative estimate of drug-likeness (QED) is 0.767. The number of hydrogen-bond donors (Lipinski definition) is 1. The number of carboxylic acids is 1. The second kappa shape index (κ2) is 8.05. The number of carbonyl (C=O) groups excluding carboxylic acids is 1.